The molecule has 0 aromatic rings. The van der Waals surface area contributed by atoms with Crippen LogP contribution in [0.4, 0.5) is 0 Å². The highest BCUT2D eigenvalue weighted by Crippen LogP contribution is 2.21. The van der Waals surface area contributed by atoms with Crippen LogP contribution in [0.15, 0.2) is 12.7 Å². The molecule has 0 radical (unpaired) electrons. The number of ether oxygens (including phenoxy) is 2. The van der Waals surface area contributed by atoms with Gasteiger partial charge in [-0.3, -0.25) is 0 Å². The molecule has 1 heterocycles. The van der Waals surface area contributed by atoms with E-state index in [4.69, 9.17) is 15.2 Å². The minimum absolute atomic E-state index is 0.0406. The van der Waals surface area contributed by atoms with E-state index < -0.39 is 30.7 Å². The Labute approximate surface area is 87.9 Å². The molecule has 1 aliphatic heterocycles. The monoisotopic (exact) mass is 219 g/mol. The van der Waals surface area contributed by atoms with E-state index in [0.717, 1.165) is 0 Å². The molecule has 15 heavy (non-hydrogen) atoms. The van der Waals surface area contributed by atoms with Crippen LogP contribution >= 0.6 is 0 Å². The zero-order chi connectivity index (χ0) is 11.4. The first kappa shape index (κ1) is 12.6. The smallest absolute Gasteiger partial charge is 0.186 e. The first-order valence-electron chi connectivity index (χ1n) is 4.74. The third-order valence-corrected chi connectivity index (χ3v) is 2.28. The molecule has 5 atom stereocenters. The molecule has 0 saturated carbocycles. The molecule has 6 heteroatoms. The second kappa shape index (κ2) is 5.55. The van der Waals surface area contributed by atoms with E-state index in [1.165, 1.54) is 6.08 Å². The van der Waals surface area contributed by atoms with Gasteiger partial charge in [0.2, 0.25) is 0 Å². The van der Waals surface area contributed by atoms with Gasteiger partial charge in [-0.1, -0.05) is 6.08 Å². The maximum atomic E-state index is 9.51. The van der Waals surface area contributed by atoms with Crippen LogP contribution in [0.5, 0.6) is 0 Å². The van der Waals surface area contributed by atoms with E-state index >= 15 is 0 Å². The van der Waals surface area contributed by atoms with Crippen molar-refractivity contribution in [2.45, 2.75) is 30.7 Å². The summed E-state index contributed by atoms with van der Waals surface area (Å²) < 4.78 is 10.3. The summed E-state index contributed by atoms with van der Waals surface area (Å²) in [6.07, 6.45) is -4.04. The zero-order valence-electron chi connectivity index (χ0n) is 8.32. The minimum atomic E-state index is -1.32. The number of aliphatic hydroxyl groups is 3. The molecule has 1 fully saturated rings. The Bertz CT molecular complexity index is 211. The molecular formula is C9H17NO5. The molecular weight excluding hydrogens is 202 g/mol. The highest BCUT2D eigenvalue weighted by Gasteiger charge is 2.43. The van der Waals surface area contributed by atoms with Gasteiger partial charge in [-0.2, -0.15) is 0 Å². The highest BCUT2D eigenvalue weighted by molar-refractivity contribution is 4.89. The quantitative estimate of drug-likeness (QED) is 0.406. The summed E-state index contributed by atoms with van der Waals surface area (Å²) in [4.78, 5) is 0. The third kappa shape index (κ3) is 2.75. The zero-order valence-corrected chi connectivity index (χ0v) is 8.32. The van der Waals surface area contributed by atoms with Crippen molar-refractivity contribution in [3.8, 4) is 0 Å². The molecule has 6 nitrogen and oxygen atoms in total. The Morgan fingerprint density at radius 3 is 2.47 bits per heavy atom. The van der Waals surface area contributed by atoms with Crippen LogP contribution < -0.4 is 5.73 Å². The molecule has 0 aromatic heterocycles. The van der Waals surface area contributed by atoms with Gasteiger partial charge in [0.15, 0.2) is 6.29 Å². The lowest BCUT2D eigenvalue weighted by molar-refractivity contribution is -0.291. The first-order chi connectivity index (χ1) is 7.11. The Balaban J connectivity index is 2.60. The third-order valence-electron chi connectivity index (χ3n) is 2.28. The van der Waals surface area contributed by atoms with Crippen molar-refractivity contribution in [1.82, 2.24) is 0 Å². The van der Waals surface area contributed by atoms with Gasteiger partial charge < -0.3 is 30.5 Å². The van der Waals surface area contributed by atoms with Gasteiger partial charge in [0, 0.05) is 6.54 Å². The number of nitrogens with two attached hydrogens (primary N) is 1. The normalized spacial score (nSPS) is 41.5. The number of hydrogen-bond acceptors (Lipinski definition) is 6. The maximum absolute atomic E-state index is 9.51. The number of aliphatic hydroxyl groups excluding tert-OH is 3. The second-order valence-corrected chi connectivity index (χ2v) is 3.37. The largest absolute Gasteiger partial charge is 0.388 e. The van der Waals surface area contributed by atoms with Crippen molar-refractivity contribution in [2.75, 3.05) is 13.2 Å². The summed E-state index contributed by atoms with van der Waals surface area (Å²) in [5.74, 6) is 0. The topological polar surface area (TPSA) is 105 Å². The Kier molecular flexibility index (Phi) is 4.65. The van der Waals surface area contributed by atoms with Crippen LogP contribution in [-0.4, -0.2) is 59.2 Å². The van der Waals surface area contributed by atoms with Gasteiger partial charge in [0.1, 0.15) is 24.4 Å². The van der Waals surface area contributed by atoms with Gasteiger partial charge >= 0.3 is 0 Å². The summed E-state index contributed by atoms with van der Waals surface area (Å²) >= 11 is 0. The fraction of sp³-hybridized carbons (Fsp3) is 0.778. The van der Waals surface area contributed by atoms with E-state index in [-0.39, 0.29) is 13.2 Å². The Morgan fingerprint density at radius 2 is 1.93 bits per heavy atom. The van der Waals surface area contributed by atoms with Gasteiger partial charge in [-0.15, -0.1) is 6.58 Å². The molecule has 0 spiro atoms. The van der Waals surface area contributed by atoms with Crippen LogP contribution in [-0.2, 0) is 9.47 Å². The molecule has 88 valence electrons. The van der Waals surface area contributed by atoms with Crippen molar-refractivity contribution in [3.63, 3.8) is 0 Å². The summed E-state index contributed by atoms with van der Waals surface area (Å²) in [6, 6.07) is 0. The summed E-state index contributed by atoms with van der Waals surface area (Å²) in [5, 5.41) is 28.4. The van der Waals surface area contributed by atoms with Gasteiger partial charge in [-0.05, 0) is 0 Å². The molecule has 1 saturated heterocycles. The van der Waals surface area contributed by atoms with Crippen LogP contribution in [0.2, 0.25) is 0 Å². The summed E-state index contributed by atoms with van der Waals surface area (Å²) in [7, 11) is 0. The van der Waals surface area contributed by atoms with Crippen molar-refractivity contribution < 1.29 is 24.8 Å². The van der Waals surface area contributed by atoms with Crippen molar-refractivity contribution in [3.05, 3.63) is 12.7 Å². The molecule has 0 aliphatic carbocycles. The molecule has 1 rings (SSSR count). The first-order valence-corrected chi connectivity index (χ1v) is 4.74. The van der Waals surface area contributed by atoms with Gasteiger partial charge in [0.25, 0.3) is 0 Å². The van der Waals surface area contributed by atoms with Crippen molar-refractivity contribution >= 4 is 0 Å². The molecule has 1 aliphatic rings. The van der Waals surface area contributed by atoms with Gasteiger partial charge in [0.05, 0.1) is 6.61 Å². The van der Waals surface area contributed by atoms with Crippen LogP contribution in [0.25, 0.3) is 0 Å². The summed E-state index contributed by atoms with van der Waals surface area (Å²) in [6.45, 7) is 3.67. The fourth-order valence-corrected chi connectivity index (χ4v) is 1.41. The SMILES string of the molecule is C=CCO[C@H]1O[C@H](CN)[C@@H](O)[C@H](O)[C@H]1O. The lowest BCUT2D eigenvalue weighted by Gasteiger charge is -2.39. The summed E-state index contributed by atoms with van der Waals surface area (Å²) in [5.41, 5.74) is 5.34. The fourth-order valence-electron chi connectivity index (χ4n) is 1.41. The Hall–Kier alpha value is -0.500. The van der Waals surface area contributed by atoms with E-state index in [1.807, 2.05) is 0 Å². The predicted molar refractivity (Wildman–Crippen MR) is 51.9 cm³/mol. The molecule has 0 amide bonds. The Morgan fingerprint density at radius 1 is 1.27 bits per heavy atom. The molecule has 0 unspecified atom stereocenters. The molecule has 0 aromatic carbocycles. The van der Waals surface area contributed by atoms with E-state index in [9.17, 15) is 15.3 Å². The van der Waals surface area contributed by atoms with Crippen molar-refractivity contribution in [1.29, 1.82) is 0 Å². The average molecular weight is 219 g/mol. The van der Waals surface area contributed by atoms with E-state index in [0.29, 0.717) is 0 Å². The minimum Gasteiger partial charge on any atom is -0.388 e. The number of hydrogen-bond donors (Lipinski definition) is 4. The molecule has 0 bridgehead atoms. The van der Waals surface area contributed by atoms with Crippen LogP contribution in [0.1, 0.15) is 0 Å². The van der Waals surface area contributed by atoms with Gasteiger partial charge in [-0.25, -0.2) is 0 Å². The lowest BCUT2D eigenvalue weighted by atomic mass is 9.99. The second-order valence-electron chi connectivity index (χ2n) is 3.37. The van der Waals surface area contributed by atoms with E-state index in [1.54, 1.807) is 0 Å². The van der Waals surface area contributed by atoms with Crippen LogP contribution in [0, 0.1) is 0 Å². The van der Waals surface area contributed by atoms with E-state index in [2.05, 4.69) is 6.58 Å². The van der Waals surface area contributed by atoms with Crippen LogP contribution in [0.3, 0.4) is 0 Å². The number of rotatable bonds is 4. The standard InChI is InChI=1S/C9H17NO5/c1-2-3-14-9-8(13)7(12)6(11)5(4-10)15-9/h2,5-9,11-13H,1,3-4,10H2/t5-,6-,7+,8-,9+/m1/s1. The maximum Gasteiger partial charge on any atom is 0.186 e. The van der Waals surface area contributed by atoms with Crippen molar-refractivity contribution in [2.24, 2.45) is 5.73 Å². The average Bonchev–Trinajstić information content (AvgIpc) is 2.25. The highest BCUT2D eigenvalue weighted by atomic mass is 16.7. The lowest BCUT2D eigenvalue weighted by Crippen LogP contribution is -2.59. The predicted octanol–water partition coefficient (Wildman–Crippen LogP) is -2.04. The molecule has 5 N–H and O–H groups in total.